The van der Waals surface area contributed by atoms with E-state index in [1.165, 1.54) is 29.7 Å². The van der Waals surface area contributed by atoms with Gasteiger partial charge in [0.1, 0.15) is 0 Å². The lowest BCUT2D eigenvalue weighted by molar-refractivity contribution is 0.367. The van der Waals surface area contributed by atoms with Gasteiger partial charge in [-0.05, 0) is 23.6 Å². The van der Waals surface area contributed by atoms with Crippen molar-refractivity contribution in [1.82, 2.24) is 4.68 Å². The number of nitrogens with zero attached hydrogens (tertiary/aromatic N) is 3. The van der Waals surface area contributed by atoms with Crippen molar-refractivity contribution in [3.05, 3.63) is 58.0 Å². The number of thiazole rings is 1. The van der Waals surface area contributed by atoms with Crippen LogP contribution in [0.1, 0.15) is 5.56 Å². The van der Waals surface area contributed by atoms with Crippen LogP contribution in [0.3, 0.4) is 0 Å². The predicted molar refractivity (Wildman–Crippen MR) is 101 cm³/mol. The van der Waals surface area contributed by atoms with Gasteiger partial charge in [0.2, 0.25) is 10.6 Å². The van der Waals surface area contributed by atoms with Crippen LogP contribution in [0, 0.1) is 0 Å². The molecule has 0 spiro atoms. The number of phenols is 3. The summed E-state index contributed by atoms with van der Waals surface area (Å²) in [7, 11) is 0. The van der Waals surface area contributed by atoms with E-state index in [9.17, 15) is 15.3 Å². The van der Waals surface area contributed by atoms with Crippen LogP contribution < -0.4 is 4.80 Å². The van der Waals surface area contributed by atoms with E-state index in [2.05, 4.69) is 16.7 Å². The molecule has 0 unspecified atom stereocenters. The second-order valence-corrected chi connectivity index (χ2v) is 6.72. The summed E-state index contributed by atoms with van der Waals surface area (Å²) in [6.07, 6.45) is 3.10. The first-order valence-electron chi connectivity index (χ1n) is 7.26. The Balaban J connectivity index is 2.08. The standard InChI is InChI=1S/C17H15N3O3S2/c1-2-7-18-17-20(12(10-25-17)14-4-3-8-24-14)19-9-11-5-6-13(21)16(23)15(11)22/h2-6,8-10,21-23H,1,7H2. The van der Waals surface area contributed by atoms with E-state index >= 15 is 0 Å². The smallest absolute Gasteiger partial charge is 0.206 e. The van der Waals surface area contributed by atoms with Crippen molar-refractivity contribution in [2.24, 2.45) is 10.1 Å². The number of aromatic hydroxyl groups is 3. The number of hydrogen-bond acceptors (Lipinski definition) is 7. The zero-order chi connectivity index (χ0) is 17.8. The summed E-state index contributed by atoms with van der Waals surface area (Å²) in [5, 5.41) is 37.3. The van der Waals surface area contributed by atoms with E-state index < -0.39 is 17.2 Å². The molecule has 0 bridgehead atoms. The van der Waals surface area contributed by atoms with E-state index in [1.54, 1.807) is 22.1 Å². The summed E-state index contributed by atoms with van der Waals surface area (Å²) >= 11 is 3.03. The van der Waals surface area contributed by atoms with Crippen molar-refractivity contribution in [2.45, 2.75) is 0 Å². The Bertz CT molecular complexity index is 985. The molecule has 2 heterocycles. The highest BCUT2D eigenvalue weighted by Gasteiger charge is 2.11. The molecular formula is C17H15N3O3S2. The number of rotatable bonds is 5. The Kier molecular flexibility index (Phi) is 5.01. The van der Waals surface area contributed by atoms with Gasteiger partial charge in [-0.2, -0.15) is 5.10 Å². The summed E-state index contributed by atoms with van der Waals surface area (Å²) in [4.78, 5) is 6.14. The Hall–Kier alpha value is -2.84. The normalized spacial score (nSPS) is 12.1. The van der Waals surface area contributed by atoms with Gasteiger partial charge in [0, 0.05) is 10.9 Å². The molecule has 6 nitrogen and oxygen atoms in total. The van der Waals surface area contributed by atoms with Gasteiger partial charge in [0.25, 0.3) is 0 Å². The zero-order valence-corrected chi connectivity index (χ0v) is 14.7. The maximum atomic E-state index is 9.93. The molecular weight excluding hydrogens is 358 g/mol. The number of aromatic nitrogens is 1. The fraction of sp³-hybridized carbons (Fsp3) is 0.0588. The second-order valence-electron chi connectivity index (χ2n) is 4.94. The Labute approximate surface area is 151 Å². The largest absolute Gasteiger partial charge is 0.504 e. The molecule has 0 amide bonds. The minimum absolute atomic E-state index is 0.279. The van der Waals surface area contributed by atoms with Crippen molar-refractivity contribution in [3.63, 3.8) is 0 Å². The molecule has 0 aliphatic heterocycles. The molecule has 1 aromatic carbocycles. The van der Waals surface area contributed by atoms with Crippen molar-refractivity contribution in [3.8, 4) is 27.8 Å². The van der Waals surface area contributed by atoms with Crippen molar-refractivity contribution in [1.29, 1.82) is 0 Å². The van der Waals surface area contributed by atoms with Gasteiger partial charge in [-0.1, -0.05) is 12.1 Å². The van der Waals surface area contributed by atoms with Crippen LogP contribution >= 0.6 is 22.7 Å². The van der Waals surface area contributed by atoms with E-state index in [-0.39, 0.29) is 5.56 Å². The van der Waals surface area contributed by atoms with E-state index in [0.29, 0.717) is 11.3 Å². The summed E-state index contributed by atoms with van der Waals surface area (Å²) in [5.74, 6) is -1.39. The molecule has 0 saturated carbocycles. The highest BCUT2D eigenvalue weighted by molar-refractivity contribution is 7.14. The minimum atomic E-state index is -0.575. The summed E-state index contributed by atoms with van der Waals surface area (Å²) < 4.78 is 1.67. The molecule has 8 heteroatoms. The first-order valence-corrected chi connectivity index (χ1v) is 9.01. The fourth-order valence-corrected chi connectivity index (χ4v) is 3.71. The molecule has 0 radical (unpaired) electrons. The molecule has 3 N–H and O–H groups in total. The maximum Gasteiger partial charge on any atom is 0.206 e. The van der Waals surface area contributed by atoms with Crippen LogP contribution in [0.5, 0.6) is 17.2 Å². The molecule has 0 atom stereocenters. The van der Waals surface area contributed by atoms with Gasteiger partial charge in [-0.3, -0.25) is 4.99 Å². The number of hydrogen-bond donors (Lipinski definition) is 3. The van der Waals surface area contributed by atoms with Crippen molar-refractivity contribution < 1.29 is 15.3 Å². The van der Waals surface area contributed by atoms with Gasteiger partial charge < -0.3 is 15.3 Å². The lowest BCUT2D eigenvalue weighted by Crippen LogP contribution is -2.12. The van der Waals surface area contributed by atoms with E-state index in [0.717, 1.165) is 10.6 Å². The lowest BCUT2D eigenvalue weighted by atomic mass is 10.2. The highest BCUT2D eigenvalue weighted by Crippen LogP contribution is 2.36. The van der Waals surface area contributed by atoms with Crippen molar-refractivity contribution >= 4 is 28.9 Å². The van der Waals surface area contributed by atoms with Crippen molar-refractivity contribution in [2.75, 3.05) is 6.54 Å². The quantitative estimate of drug-likeness (QED) is 0.364. The lowest BCUT2D eigenvalue weighted by Gasteiger charge is -2.04. The topological polar surface area (TPSA) is 90.3 Å². The van der Waals surface area contributed by atoms with Gasteiger partial charge in [0.05, 0.1) is 23.3 Å². The number of thiophene rings is 1. The Morgan fingerprint density at radius 1 is 1.12 bits per heavy atom. The summed E-state index contributed by atoms with van der Waals surface area (Å²) in [6.45, 7) is 4.13. The molecule has 0 fully saturated rings. The number of phenolic OH excluding ortho intramolecular Hbond substituents is 3. The molecule has 3 aromatic rings. The molecule has 3 rings (SSSR count). The van der Waals surface area contributed by atoms with Crippen LogP contribution in [0.25, 0.3) is 10.6 Å². The summed E-state index contributed by atoms with van der Waals surface area (Å²) in [6, 6.07) is 6.69. The Morgan fingerprint density at radius 3 is 2.68 bits per heavy atom. The highest BCUT2D eigenvalue weighted by atomic mass is 32.1. The summed E-state index contributed by atoms with van der Waals surface area (Å²) in [5.41, 5.74) is 1.15. The SMILES string of the molecule is C=CCN=c1scc(-c2cccs2)n1N=Cc1ccc(O)c(O)c1O. The van der Waals surface area contributed by atoms with E-state index in [1.807, 2.05) is 22.9 Å². The maximum absolute atomic E-state index is 9.93. The minimum Gasteiger partial charge on any atom is -0.504 e. The van der Waals surface area contributed by atoms with Crippen LogP contribution in [-0.4, -0.2) is 32.8 Å². The van der Waals surface area contributed by atoms with Crippen LogP contribution in [0.4, 0.5) is 0 Å². The third kappa shape index (κ3) is 3.49. The van der Waals surface area contributed by atoms with Gasteiger partial charge in [-0.15, -0.1) is 29.3 Å². The average molecular weight is 373 g/mol. The van der Waals surface area contributed by atoms with Crippen LogP contribution in [0.2, 0.25) is 0 Å². The van der Waals surface area contributed by atoms with Crippen LogP contribution in [-0.2, 0) is 0 Å². The molecule has 2 aromatic heterocycles. The molecule has 0 saturated heterocycles. The fourth-order valence-electron chi connectivity index (χ4n) is 2.07. The van der Waals surface area contributed by atoms with Gasteiger partial charge in [-0.25, -0.2) is 4.68 Å². The molecule has 0 aliphatic carbocycles. The first-order chi connectivity index (χ1) is 12.1. The zero-order valence-electron chi connectivity index (χ0n) is 13.0. The molecule has 25 heavy (non-hydrogen) atoms. The predicted octanol–water partition coefficient (Wildman–Crippen LogP) is 3.36. The second kappa shape index (κ2) is 7.37. The van der Waals surface area contributed by atoms with Gasteiger partial charge >= 0.3 is 0 Å². The van der Waals surface area contributed by atoms with Gasteiger partial charge in [0.15, 0.2) is 11.5 Å². The third-order valence-electron chi connectivity index (χ3n) is 3.29. The number of benzene rings is 1. The Morgan fingerprint density at radius 2 is 1.96 bits per heavy atom. The average Bonchev–Trinajstić information content (AvgIpc) is 3.26. The molecule has 0 aliphatic rings. The monoisotopic (exact) mass is 373 g/mol. The van der Waals surface area contributed by atoms with E-state index in [4.69, 9.17) is 0 Å². The van der Waals surface area contributed by atoms with Crippen LogP contribution in [0.15, 0.2) is 57.8 Å². The molecule has 128 valence electrons. The first kappa shape index (κ1) is 17.0. The third-order valence-corrected chi connectivity index (χ3v) is 5.03.